The smallest absolute Gasteiger partial charge is 0.225 e. The number of carbonyl (C=O) groups excluding carboxylic acids is 1. The van der Waals surface area contributed by atoms with Crippen molar-refractivity contribution in [2.24, 2.45) is 0 Å². The second-order valence-electron chi connectivity index (χ2n) is 8.55. The molecule has 0 atom stereocenters. The minimum atomic E-state index is 0.0279. The Bertz CT molecular complexity index is 1040. The lowest BCUT2D eigenvalue weighted by atomic mass is 10.0. The first-order chi connectivity index (χ1) is 16.1. The molecular formula is C26H32N4O3. The van der Waals surface area contributed by atoms with Crippen LogP contribution >= 0.6 is 0 Å². The van der Waals surface area contributed by atoms with Crippen LogP contribution in [-0.2, 0) is 17.8 Å². The number of methoxy groups -OCH3 is 1. The van der Waals surface area contributed by atoms with Crippen LogP contribution in [0.15, 0.2) is 60.8 Å². The summed E-state index contributed by atoms with van der Waals surface area (Å²) in [5.74, 6) is 1.72. The molecule has 3 aromatic rings. The highest BCUT2D eigenvalue weighted by molar-refractivity contribution is 5.89. The molecule has 0 saturated carbocycles. The Morgan fingerprint density at radius 2 is 1.94 bits per heavy atom. The molecule has 4 rings (SSSR count). The van der Waals surface area contributed by atoms with Gasteiger partial charge < -0.3 is 15.2 Å². The molecule has 1 fully saturated rings. The van der Waals surface area contributed by atoms with E-state index in [4.69, 9.17) is 4.74 Å². The fraction of sp³-hybridized carbons (Fsp3) is 0.385. The predicted octanol–water partition coefficient (Wildman–Crippen LogP) is 4.40. The number of phenolic OH excluding ortho intramolecular Hbond substituents is 1. The number of carbonyl (C=O) groups is 1. The van der Waals surface area contributed by atoms with Gasteiger partial charge in [-0.1, -0.05) is 36.4 Å². The monoisotopic (exact) mass is 448 g/mol. The van der Waals surface area contributed by atoms with E-state index in [2.05, 4.69) is 27.4 Å². The Kier molecular flexibility index (Phi) is 7.62. The zero-order chi connectivity index (χ0) is 23.0. The lowest BCUT2D eigenvalue weighted by Gasteiger charge is -2.32. The number of hydrogen-bond donors (Lipinski definition) is 2. The largest absolute Gasteiger partial charge is 0.507 e. The first kappa shape index (κ1) is 22.9. The molecule has 7 nitrogen and oxygen atoms in total. The Balaban J connectivity index is 1.25. The van der Waals surface area contributed by atoms with Crippen molar-refractivity contribution in [3.05, 3.63) is 71.9 Å². The highest BCUT2D eigenvalue weighted by Crippen LogP contribution is 2.29. The van der Waals surface area contributed by atoms with Gasteiger partial charge in [0.25, 0.3) is 0 Å². The number of anilines is 1. The van der Waals surface area contributed by atoms with Gasteiger partial charge >= 0.3 is 0 Å². The zero-order valence-corrected chi connectivity index (χ0v) is 19.1. The summed E-state index contributed by atoms with van der Waals surface area (Å²) in [6.45, 7) is 2.51. The van der Waals surface area contributed by atoms with E-state index in [1.54, 1.807) is 19.4 Å². The third-order valence-corrected chi connectivity index (χ3v) is 6.24. The molecule has 2 heterocycles. The van der Waals surface area contributed by atoms with Crippen molar-refractivity contribution in [2.45, 2.75) is 44.7 Å². The molecule has 1 aliphatic heterocycles. The molecule has 33 heavy (non-hydrogen) atoms. The Morgan fingerprint density at radius 1 is 1.15 bits per heavy atom. The standard InChI is InChI=1S/C26H32N4O3/c1-33-23-11-10-21(24(31)18-23)19-29-16-13-22(14-17-29)30-25(12-15-27-30)28-26(32)9-5-8-20-6-3-2-4-7-20/h2-4,6-7,10-12,15,18,22,31H,5,8-9,13-14,16-17,19H2,1H3,(H,28,32). The lowest BCUT2D eigenvalue weighted by Crippen LogP contribution is -2.35. The van der Waals surface area contributed by atoms with Crippen molar-refractivity contribution in [3.63, 3.8) is 0 Å². The van der Waals surface area contributed by atoms with Crippen molar-refractivity contribution in [3.8, 4) is 11.5 Å². The highest BCUT2D eigenvalue weighted by Gasteiger charge is 2.23. The number of ether oxygens (including phenoxy) is 1. The fourth-order valence-electron chi connectivity index (χ4n) is 4.37. The van der Waals surface area contributed by atoms with Crippen molar-refractivity contribution in [2.75, 3.05) is 25.5 Å². The predicted molar refractivity (Wildman–Crippen MR) is 128 cm³/mol. The van der Waals surface area contributed by atoms with E-state index in [-0.39, 0.29) is 17.7 Å². The second kappa shape index (κ2) is 11.0. The van der Waals surface area contributed by atoms with Crippen LogP contribution in [-0.4, -0.2) is 45.9 Å². The normalized spacial score (nSPS) is 14.8. The Labute approximate surface area is 195 Å². The van der Waals surface area contributed by atoms with Gasteiger partial charge in [0.2, 0.25) is 5.91 Å². The topological polar surface area (TPSA) is 79.6 Å². The molecule has 174 valence electrons. The maximum Gasteiger partial charge on any atom is 0.225 e. The molecule has 7 heteroatoms. The van der Waals surface area contributed by atoms with Crippen LogP contribution in [0.25, 0.3) is 0 Å². The van der Waals surface area contributed by atoms with Crippen LogP contribution in [0.4, 0.5) is 5.82 Å². The summed E-state index contributed by atoms with van der Waals surface area (Å²) >= 11 is 0. The molecular weight excluding hydrogens is 416 g/mol. The summed E-state index contributed by atoms with van der Waals surface area (Å²) in [6.07, 6.45) is 5.84. The zero-order valence-electron chi connectivity index (χ0n) is 19.1. The van der Waals surface area contributed by atoms with Crippen molar-refractivity contribution < 1.29 is 14.6 Å². The van der Waals surface area contributed by atoms with Gasteiger partial charge in [0.1, 0.15) is 17.3 Å². The number of aromatic nitrogens is 2. The molecule has 0 radical (unpaired) electrons. The third kappa shape index (κ3) is 6.14. The van der Waals surface area contributed by atoms with Gasteiger partial charge in [-0.15, -0.1) is 0 Å². The summed E-state index contributed by atoms with van der Waals surface area (Å²) in [5.41, 5.74) is 2.15. The van der Waals surface area contributed by atoms with Crippen molar-refractivity contribution >= 4 is 11.7 Å². The molecule has 1 aromatic heterocycles. The number of nitrogens with zero attached hydrogens (tertiary/aromatic N) is 3. The number of nitrogens with one attached hydrogen (secondary N) is 1. The molecule has 0 bridgehead atoms. The van der Waals surface area contributed by atoms with E-state index in [0.717, 1.165) is 50.2 Å². The van der Waals surface area contributed by atoms with Gasteiger partial charge in [-0.25, -0.2) is 4.68 Å². The van der Waals surface area contributed by atoms with Crippen LogP contribution in [0.1, 0.15) is 42.9 Å². The lowest BCUT2D eigenvalue weighted by molar-refractivity contribution is -0.116. The maximum absolute atomic E-state index is 12.5. The highest BCUT2D eigenvalue weighted by atomic mass is 16.5. The summed E-state index contributed by atoms with van der Waals surface area (Å²) in [5, 5.41) is 17.8. The molecule has 0 unspecified atom stereocenters. The third-order valence-electron chi connectivity index (χ3n) is 6.24. The Morgan fingerprint density at radius 3 is 2.67 bits per heavy atom. The summed E-state index contributed by atoms with van der Waals surface area (Å²) in [4.78, 5) is 14.8. The second-order valence-corrected chi connectivity index (χ2v) is 8.55. The summed E-state index contributed by atoms with van der Waals surface area (Å²) in [6, 6.07) is 17.8. The first-order valence-corrected chi connectivity index (χ1v) is 11.6. The number of aryl methyl sites for hydroxylation is 1. The summed E-state index contributed by atoms with van der Waals surface area (Å²) < 4.78 is 7.12. The number of likely N-dealkylation sites (tertiary alicyclic amines) is 1. The number of phenols is 1. The fourth-order valence-corrected chi connectivity index (χ4v) is 4.37. The molecule has 1 saturated heterocycles. The number of aromatic hydroxyl groups is 1. The molecule has 1 aliphatic rings. The van der Waals surface area contributed by atoms with E-state index in [1.165, 1.54) is 5.56 Å². The number of rotatable bonds is 9. The first-order valence-electron chi connectivity index (χ1n) is 11.6. The molecule has 2 aromatic carbocycles. The molecule has 1 amide bonds. The van der Waals surface area contributed by atoms with E-state index in [0.29, 0.717) is 18.7 Å². The van der Waals surface area contributed by atoms with Gasteiger partial charge in [0.05, 0.1) is 19.3 Å². The quantitative estimate of drug-likeness (QED) is 0.507. The van der Waals surface area contributed by atoms with Crippen LogP contribution < -0.4 is 10.1 Å². The Hall–Kier alpha value is -3.32. The number of amides is 1. The van der Waals surface area contributed by atoms with Crippen LogP contribution in [0.2, 0.25) is 0 Å². The van der Waals surface area contributed by atoms with Crippen molar-refractivity contribution in [1.29, 1.82) is 0 Å². The van der Waals surface area contributed by atoms with Gasteiger partial charge in [-0.05, 0) is 37.3 Å². The number of piperidine rings is 1. The maximum atomic E-state index is 12.5. The average molecular weight is 449 g/mol. The molecule has 0 aliphatic carbocycles. The van der Waals surface area contributed by atoms with Crippen LogP contribution in [0.5, 0.6) is 11.5 Å². The minimum Gasteiger partial charge on any atom is -0.507 e. The SMILES string of the molecule is COc1ccc(CN2CCC(n3nccc3NC(=O)CCCc3ccccc3)CC2)c(O)c1. The number of hydrogen-bond acceptors (Lipinski definition) is 5. The number of benzene rings is 2. The van der Waals surface area contributed by atoms with E-state index < -0.39 is 0 Å². The van der Waals surface area contributed by atoms with Crippen LogP contribution in [0.3, 0.4) is 0 Å². The van der Waals surface area contributed by atoms with Crippen molar-refractivity contribution in [1.82, 2.24) is 14.7 Å². The van der Waals surface area contributed by atoms with Gasteiger partial charge in [-0.3, -0.25) is 9.69 Å². The van der Waals surface area contributed by atoms with E-state index in [1.807, 2.05) is 41.1 Å². The average Bonchev–Trinajstić information content (AvgIpc) is 3.29. The molecule has 2 N–H and O–H groups in total. The van der Waals surface area contributed by atoms with E-state index >= 15 is 0 Å². The van der Waals surface area contributed by atoms with Crippen LogP contribution in [0, 0.1) is 0 Å². The van der Waals surface area contributed by atoms with E-state index in [9.17, 15) is 9.90 Å². The summed E-state index contributed by atoms with van der Waals surface area (Å²) in [7, 11) is 1.59. The van der Waals surface area contributed by atoms with Gasteiger partial charge in [-0.2, -0.15) is 5.10 Å². The van der Waals surface area contributed by atoms with Gasteiger partial charge in [0, 0.05) is 43.8 Å². The molecule has 0 spiro atoms. The minimum absolute atomic E-state index is 0.0279. The van der Waals surface area contributed by atoms with Gasteiger partial charge in [0.15, 0.2) is 0 Å².